The first-order valence-corrected chi connectivity index (χ1v) is 6.66. The van der Waals surface area contributed by atoms with E-state index in [2.05, 4.69) is 12.2 Å². The first-order chi connectivity index (χ1) is 6.72. The zero-order valence-electron chi connectivity index (χ0n) is 9.31. The zero-order chi connectivity index (χ0) is 10.8. The van der Waals surface area contributed by atoms with E-state index < -0.39 is 0 Å². The van der Waals surface area contributed by atoms with Gasteiger partial charge in [0.15, 0.2) is 0 Å². The number of carbonyl (C=O) groups excluding carboxylic acids is 1. The van der Waals surface area contributed by atoms with Gasteiger partial charge in [0.1, 0.15) is 0 Å². The second-order valence-electron chi connectivity index (χ2n) is 3.70. The van der Waals surface area contributed by atoms with Crippen molar-refractivity contribution in [3.63, 3.8) is 0 Å². The van der Waals surface area contributed by atoms with Crippen molar-refractivity contribution in [3.8, 4) is 0 Å². The van der Waals surface area contributed by atoms with Crippen molar-refractivity contribution in [1.82, 2.24) is 5.32 Å². The summed E-state index contributed by atoms with van der Waals surface area (Å²) in [6.45, 7) is 2.23. The average molecular weight is 311 g/mol. The highest BCUT2D eigenvalue weighted by atomic mass is 127. The van der Waals surface area contributed by atoms with E-state index in [0.717, 1.165) is 6.42 Å². The molecule has 0 aromatic carbocycles. The fourth-order valence-corrected chi connectivity index (χ4v) is 2.12. The Bertz CT molecular complexity index is 150. The summed E-state index contributed by atoms with van der Waals surface area (Å²) in [6, 6.07) is 0.0711. The van der Waals surface area contributed by atoms with Gasteiger partial charge in [-0.25, -0.2) is 0 Å². The van der Waals surface area contributed by atoms with Gasteiger partial charge in [-0.1, -0.05) is 45.4 Å². The van der Waals surface area contributed by atoms with Crippen molar-refractivity contribution in [2.24, 2.45) is 0 Å². The van der Waals surface area contributed by atoms with E-state index in [-0.39, 0.29) is 9.83 Å². The Morgan fingerprint density at radius 3 is 2.29 bits per heavy atom. The molecule has 2 nitrogen and oxygen atoms in total. The van der Waals surface area contributed by atoms with Crippen LogP contribution in [0.2, 0.25) is 0 Å². The number of unbranched alkanes of at least 4 members (excludes halogenated alkanes) is 5. The van der Waals surface area contributed by atoms with Crippen LogP contribution in [0, 0.1) is 0 Å². The standard InChI is InChI=1S/C11H22INO/c1-3-4-5-6-7-8-9-10(13-2)11(12)14/h10,13H,3-9H2,1-2H3/t10-/m0/s1. The van der Waals surface area contributed by atoms with Crippen LogP contribution in [-0.2, 0) is 4.79 Å². The predicted molar refractivity (Wildman–Crippen MR) is 69.9 cm³/mol. The van der Waals surface area contributed by atoms with Crippen LogP contribution in [0.1, 0.15) is 51.9 Å². The molecule has 0 unspecified atom stereocenters. The van der Waals surface area contributed by atoms with E-state index in [0.29, 0.717) is 0 Å². The van der Waals surface area contributed by atoms with Crippen molar-refractivity contribution < 1.29 is 4.79 Å². The van der Waals surface area contributed by atoms with E-state index in [1.807, 2.05) is 29.6 Å². The highest BCUT2D eigenvalue weighted by molar-refractivity contribution is 14.1. The van der Waals surface area contributed by atoms with Gasteiger partial charge >= 0.3 is 0 Å². The maximum atomic E-state index is 11.1. The molecular weight excluding hydrogens is 289 g/mol. The van der Waals surface area contributed by atoms with Gasteiger partial charge < -0.3 is 5.32 Å². The number of carbonyl (C=O) groups is 1. The largest absolute Gasteiger partial charge is 0.310 e. The summed E-state index contributed by atoms with van der Waals surface area (Å²) in [7, 11) is 1.86. The molecule has 0 aliphatic rings. The number of likely N-dealkylation sites (N-methyl/N-ethyl adjacent to an activating group) is 1. The molecular formula is C11H22INO. The van der Waals surface area contributed by atoms with Crippen molar-refractivity contribution in [2.75, 3.05) is 7.05 Å². The third-order valence-electron chi connectivity index (χ3n) is 2.47. The SMILES string of the molecule is CCCCCCCC[C@H](NC)C(=O)I. The second kappa shape index (κ2) is 9.90. The zero-order valence-corrected chi connectivity index (χ0v) is 11.5. The molecule has 84 valence electrons. The van der Waals surface area contributed by atoms with Crippen LogP contribution >= 0.6 is 22.6 Å². The van der Waals surface area contributed by atoms with E-state index >= 15 is 0 Å². The lowest BCUT2D eigenvalue weighted by Gasteiger charge is -2.10. The molecule has 0 radical (unpaired) electrons. The summed E-state index contributed by atoms with van der Waals surface area (Å²) in [4.78, 5) is 11.1. The summed E-state index contributed by atoms with van der Waals surface area (Å²) in [5.41, 5.74) is 0. The Morgan fingerprint density at radius 2 is 1.79 bits per heavy atom. The van der Waals surface area contributed by atoms with Gasteiger partial charge in [-0.2, -0.15) is 0 Å². The predicted octanol–water partition coefficient (Wildman–Crippen LogP) is 3.29. The quantitative estimate of drug-likeness (QED) is 0.402. The minimum absolute atomic E-state index is 0.0711. The highest BCUT2D eigenvalue weighted by Gasteiger charge is 2.11. The maximum absolute atomic E-state index is 11.1. The third kappa shape index (κ3) is 7.74. The molecule has 1 N–H and O–H groups in total. The third-order valence-corrected chi connectivity index (χ3v) is 3.22. The van der Waals surface area contributed by atoms with Crippen molar-refractivity contribution >= 4 is 26.4 Å². The summed E-state index contributed by atoms with van der Waals surface area (Å²) < 4.78 is 0.235. The van der Waals surface area contributed by atoms with Gasteiger partial charge in [-0.3, -0.25) is 4.79 Å². The average Bonchev–Trinajstić information content (AvgIpc) is 2.16. The highest BCUT2D eigenvalue weighted by Crippen LogP contribution is 2.10. The number of hydrogen-bond donors (Lipinski definition) is 1. The monoisotopic (exact) mass is 311 g/mol. The van der Waals surface area contributed by atoms with Gasteiger partial charge in [0, 0.05) is 22.6 Å². The lowest BCUT2D eigenvalue weighted by Crippen LogP contribution is -2.30. The molecule has 0 amide bonds. The molecule has 0 saturated heterocycles. The van der Waals surface area contributed by atoms with Crippen molar-refractivity contribution in [2.45, 2.75) is 57.9 Å². The minimum atomic E-state index is 0.0711. The molecule has 0 aromatic rings. The maximum Gasteiger partial charge on any atom is 0.209 e. The lowest BCUT2D eigenvalue weighted by atomic mass is 10.1. The molecule has 0 rings (SSSR count). The number of halogens is 1. The lowest BCUT2D eigenvalue weighted by molar-refractivity contribution is -0.111. The molecule has 3 heteroatoms. The van der Waals surface area contributed by atoms with Crippen LogP contribution in [0.3, 0.4) is 0 Å². The van der Waals surface area contributed by atoms with Crippen LogP contribution in [0.25, 0.3) is 0 Å². The molecule has 0 aromatic heterocycles. The molecule has 0 aliphatic carbocycles. The van der Waals surface area contributed by atoms with Gasteiger partial charge in [0.25, 0.3) is 0 Å². The Hall–Kier alpha value is 0.360. The van der Waals surface area contributed by atoms with E-state index in [4.69, 9.17) is 0 Å². The Balaban J connectivity index is 3.29. The molecule has 0 saturated carbocycles. The minimum Gasteiger partial charge on any atom is -0.310 e. The van der Waals surface area contributed by atoms with Crippen LogP contribution in [0.15, 0.2) is 0 Å². The van der Waals surface area contributed by atoms with Gasteiger partial charge in [-0.05, 0) is 13.5 Å². The molecule has 0 heterocycles. The Labute approximate surface area is 101 Å². The van der Waals surface area contributed by atoms with Crippen LogP contribution in [-0.4, -0.2) is 16.9 Å². The summed E-state index contributed by atoms with van der Waals surface area (Å²) in [6.07, 6.45) is 8.74. The topological polar surface area (TPSA) is 29.1 Å². The van der Waals surface area contributed by atoms with Crippen LogP contribution < -0.4 is 5.32 Å². The first-order valence-electron chi connectivity index (χ1n) is 5.59. The van der Waals surface area contributed by atoms with Gasteiger partial charge in [0.2, 0.25) is 3.79 Å². The van der Waals surface area contributed by atoms with E-state index in [9.17, 15) is 4.79 Å². The van der Waals surface area contributed by atoms with E-state index in [1.165, 1.54) is 38.5 Å². The normalized spacial score (nSPS) is 12.8. The smallest absolute Gasteiger partial charge is 0.209 e. The number of hydrogen-bond acceptors (Lipinski definition) is 2. The fraction of sp³-hybridized carbons (Fsp3) is 0.909. The van der Waals surface area contributed by atoms with Crippen LogP contribution in [0.4, 0.5) is 0 Å². The molecule has 1 atom stereocenters. The number of rotatable bonds is 9. The van der Waals surface area contributed by atoms with Gasteiger partial charge in [-0.15, -0.1) is 0 Å². The summed E-state index contributed by atoms with van der Waals surface area (Å²) in [5, 5.41) is 3.05. The summed E-state index contributed by atoms with van der Waals surface area (Å²) >= 11 is 1.88. The summed E-state index contributed by atoms with van der Waals surface area (Å²) in [5.74, 6) is 0. The van der Waals surface area contributed by atoms with Gasteiger partial charge in [0.05, 0.1) is 6.04 Å². The molecule has 14 heavy (non-hydrogen) atoms. The van der Waals surface area contributed by atoms with Crippen molar-refractivity contribution in [3.05, 3.63) is 0 Å². The number of nitrogens with one attached hydrogen (secondary N) is 1. The molecule has 0 spiro atoms. The van der Waals surface area contributed by atoms with E-state index in [1.54, 1.807) is 0 Å². The molecule has 0 aliphatic heterocycles. The molecule has 0 bridgehead atoms. The molecule has 0 fully saturated rings. The van der Waals surface area contributed by atoms with Crippen molar-refractivity contribution in [1.29, 1.82) is 0 Å². The first kappa shape index (κ1) is 14.4. The van der Waals surface area contributed by atoms with Crippen LogP contribution in [0.5, 0.6) is 0 Å². The fourth-order valence-electron chi connectivity index (χ4n) is 1.50. The Morgan fingerprint density at radius 1 is 1.21 bits per heavy atom. The Kier molecular flexibility index (Phi) is 10.2. The second-order valence-corrected chi connectivity index (χ2v) is 4.77.